The van der Waals surface area contributed by atoms with Crippen molar-refractivity contribution in [3.8, 4) is 5.75 Å². The molecule has 2 aliphatic carbocycles. The van der Waals surface area contributed by atoms with Gasteiger partial charge in [0.15, 0.2) is 0 Å². The van der Waals surface area contributed by atoms with Crippen molar-refractivity contribution in [3.05, 3.63) is 28.8 Å². The number of benzene rings is 1. The van der Waals surface area contributed by atoms with Gasteiger partial charge < -0.3 is 4.74 Å². The minimum atomic E-state index is 0.420. The number of hydrogen-bond donors (Lipinski definition) is 0. The summed E-state index contributed by atoms with van der Waals surface area (Å²) < 4.78 is 6.05. The molecule has 0 radical (unpaired) electrons. The molecule has 0 aromatic heterocycles. The second-order valence-corrected chi connectivity index (χ2v) is 6.63. The van der Waals surface area contributed by atoms with Gasteiger partial charge in [-0.05, 0) is 44.4 Å². The van der Waals surface area contributed by atoms with Crippen molar-refractivity contribution in [1.82, 2.24) is 0 Å². The van der Waals surface area contributed by atoms with Crippen LogP contribution in [-0.4, -0.2) is 6.61 Å². The molecular weight excluding hydrogens is 208 g/mol. The van der Waals surface area contributed by atoms with E-state index in [1.165, 1.54) is 54.5 Å². The Kier molecular flexibility index (Phi) is 1.69. The lowest BCUT2D eigenvalue weighted by Crippen LogP contribution is -2.22. The van der Waals surface area contributed by atoms with Gasteiger partial charge in [0, 0.05) is 16.5 Å². The van der Waals surface area contributed by atoms with E-state index >= 15 is 0 Å². The number of ether oxygens (including phenoxy) is 1. The summed E-state index contributed by atoms with van der Waals surface area (Å²) in [6, 6.07) is 4.75. The average Bonchev–Trinajstić information content (AvgIpc) is 3.20. The summed E-state index contributed by atoms with van der Waals surface area (Å²) in [7, 11) is 0. The highest BCUT2D eigenvalue weighted by Crippen LogP contribution is 2.60. The maximum atomic E-state index is 6.05. The normalized spacial score (nSPS) is 26.2. The highest BCUT2D eigenvalue weighted by molar-refractivity contribution is 5.55. The molecule has 2 fully saturated rings. The fourth-order valence-electron chi connectivity index (χ4n) is 3.38. The zero-order valence-electron chi connectivity index (χ0n) is 10.8. The molecule has 0 atom stereocenters. The van der Waals surface area contributed by atoms with Crippen LogP contribution in [0.5, 0.6) is 5.75 Å². The van der Waals surface area contributed by atoms with Crippen LogP contribution in [0.15, 0.2) is 12.1 Å². The molecule has 90 valence electrons. The monoisotopic (exact) mass is 228 g/mol. The van der Waals surface area contributed by atoms with Gasteiger partial charge in [-0.25, -0.2) is 0 Å². The smallest absolute Gasteiger partial charge is 0.126 e. The third-order valence-corrected chi connectivity index (χ3v) is 5.14. The van der Waals surface area contributed by atoms with Crippen LogP contribution in [0.3, 0.4) is 0 Å². The number of rotatable bonds is 1. The van der Waals surface area contributed by atoms with Crippen molar-refractivity contribution in [2.24, 2.45) is 0 Å². The molecule has 1 heteroatoms. The van der Waals surface area contributed by atoms with Crippen LogP contribution >= 0.6 is 0 Å². The topological polar surface area (TPSA) is 9.23 Å². The van der Waals surface area contributed by atoms with Gasteiger partial charge in [-0.15, -0.1) is 0 Å². The quantitative estimate of drug-likeness (QED) is 0.709. The second-order valence-electron chi connectivity index (χ2n) is 6.63. The van der Waals surface area contributed by atoms with Crippen LogP contribution in [0.2, 0.25) is 0 Å². The molecule has 17 heavy (non-hydrogen) atoms. The summed E-state index contributed by atoms with van der Waals surface area (Å²) in [4.78, 5) is 0. The molecule has 1 heterocycles. The van der Waals surface area contributed by atoms with Crippen molar-refractivity contribution < 1.29 is 4.74 Å². The van der Waals surface area contributed by atoms with Crippen LogP contribution in [-0.2, 0) is 10.8 Å². The van der Waals surface area contributed by atoms with E-state index in [2.05, 4.69) is 26.0 Å². The van der Waals surface area contributed by atoms with Gasteiger partial charge >= 0.3 is 0 Å². The second kappa shape index (κ2) is 2.88. The summed E-state index contributed by atoms with van der Waals surface area (Å²) >= 11 is 0. The Morgan fingerprint density at radius 2 is 1.71 bits per heavy atom. The number of hydrogen-bond acceptors (Lipinski definition) is 1. The van der Waals surface area contributed by atoms with Crippen LogP contribution in [0.4, 0.5) is 0 Å². The van der Waals surface area contributed by atoms with E-state index in [-0.39, 0.29) is 0 Å². The lowest BCUT2D eigenvalue weighted by atomic mass is 9.83. The minimum Gasteiger partial charge on any atom is -0.493 e. The van der Waals surface area contributed by atoms with E-state index in [1.54, 1.807) is 0 Å². The zero-order valence-corrected chi connectivity index (χ0v) is 10.8. The Hall–Kier alpha value is -0.980. The van der Waals surface area contributed by atoms with Crippen molar-refractivity contribution in [2.75, 3.05) is 6.61 Å². The Bertz CT molecular complexity index is 475. The molecule has 1 nitrogen and oxygen atoms in total. The first-order valence-corrected chi connectivity index (χ1v) is 6.92. The lowest BCUT2D eigenvalue weighted by Gasteiger charge is -2.30. The number of aryl methyl sites for hydroxylation is 1. The van der Waals surface area contributed by atoms with E-state index in [4.69, 9.17) is 4.74 Å². The maximum absolute atomic E-state index is 6.05. The predicted molar refractivity (Wildman–Crippen MR) is 68.8 cm³/mol. The lowest BCUT2D eigenvalue weighted by molar-refractivity contribution is 0.256. The fourth-order valence-corrected chi connectivity index (χ4v) is 3.38. The van der Waals surface area contributed by atoms with Crippen molar-refractivity contribution in [3.63, 3.8) is 0 Å². The molecule has 1 aliphatic heterocycles. The van der Waals surface area contributed by atoms with Gasteiger partial charge in [0.25, 0.3) is 0 Å². The molecule has 2 saturated carbocycles. The molecule has 0 unspecified atom stereocenters. The minimum absolute atomic E-state index is 0.420. The van der Waals surface area contributed by atoms with E-state index < -0.39 is 0 Å². The largest absolute Gasteiger partial charge is 0.493 e. The Balaban J connectivity index is 1.94. The first kappa shape index (κ1) is 9.99. The molecular formula is C16H20O. The van der Waals surface area contributed by atoms with E-state index in [0.717, 1.165) is 6.61 Å². The Labute approximate surface area is 103 Å². The van der Waals surface area contributed by atoms with Crippen molar-refractivity contribution in [2.45, 2.75) is 56.8 Å². The van der Waals surface area contributed by atoms with E-state index in [0.29, 0.717) is 10.8 Å². The molecule has 1 aromatic rings. The first-order chi connectivity index (χ1) is 8.13. The standard InChI is InChI=1S/C16H20O/c1-11-9-12(15(2)3-4-15)14-13(10-11)16(5-6-16)7-8-17-14/h9-10H,3-8H2,1-2H3. The highest BCUT2D eigenvalue weighted by Gasteiger charge is 2.50. The maximum Gasteiger partial charge on any atom is 0.126 e. The van der Waals surface area contributed by atoms with Crippen LogP contribution in [0.25, 0.3) is 0 Å². The Morgan fingerprint density at radius 1 is 1.00 bits per heavy atom. The van der Waals surface area contributed by atoms with Gasteiger partial charge in [0.1, 0.15) is 5.75 Å². The van der Waals surface area contributed by atoms with Gasteiger partial charge in [-0.2, -0.15) is 0 Å². The predicted octanol–water partition coefficient (Wildman–Crippen LogP) is 3.86. The molecule has 1 spiro atoms. The third-order valence-electron chi connectivity index (χ3n) is 5.14. The fraction of sp³-hybridized carbons (Fsp3) is 0.625. The van der Waals surface area contributed by atoms with Gasteiger partial charge in [0.2, 0.25) is 0 Å². The molecule has 0 bridgehead atoms. The average molecular weight is 228 g/mol. The van der Waals surface area contributed by atoms with Gasteiger partial charge in [-0.3, -0.25) is 0 Å². The molecule has 0 N–H and O–H groups in total. The van der Waals surface area contributed by atoms with Crippen LogP contribution in [0, 0.1) is 6.92 Å². The van der Waals surface area contributed by atoms with Gasteiger partial charge in [0.05, 0.1) is 6.61 Å². The molecule has 4 rings (SSSR count). The molecule has 0 saturated heterocycles. The van der Waals surface area contributed by atoms with Crippen LogP contribution < -0.4 is 4.74 Å². The molecule has 3 aliphatic rings. The Morgan fingerprint density at radius 3 is 2.35 bits per heavy atom. The molecule has 1 aromatic carbocycles. The first-order valence-electron chi connectivity index (χ1n) is 6.92. The SMILES string of the molecule is Cc1cc(C2(C)CC2)c2c(c1)C1(CCO2)CC1. The van der Waals surface area contributed by atoms with E-state index in [1.807, 2.05) is 0 Å². The summed E-state index contributed by atoms with van der Waals surface area (Å²) in [6.07, 6.45) is 6.66. The molecule has 0 amide bonds. The van der Waals surface area contributed by atoms with E-state index in [9.17, 15) is 0 Å². The highest BCUT2D eigenvalue weighted by atomic mass is 16.5. The zero-order chi connectivity index (χ0) is 11.7. The summed E-state index contributed by atoms with van der Waals surface area (Å²) in [5.41, 5.74) is 5.39. The van der Waals surface area contributed by atoms with Crippen molar-refractivity contribution >= 4 is 0 Å². The van der Waals surface area contributed by atoms with Crippen molar-refractivity contribution in [1.29, 1.82) is 0 Å². The summed E-state index contributed by atoms with van der Waals surface area (Å²) in [5, 5.41) is 0. The summed E-state index contributed by atoms with van der Waals surface area (Å²) in [6.45, 7) is 5.55. The van der Waals surface area contributed by atoms with Gasteiger partial charge in [-0.1, -0.05) is 24.6 Å². The number of fused-ring (bicyclic) bond motifs is 2. The van der Waals surface area contributed by atoms with Crippen LogP contribution in [0.1, 0.15) is 55.7 Å². The third kappa shape index (κ3) is 1.31. The summed E-state index contributed by atoms with van der Waals surface area (Å²) in [5.74, 6) is 1.26.